The minimum atomic E-state index is -0.765. The average Bonchev–Trinajstić information content (AvgIpc) is 2.34. The second-order valence-electron chi connectivity index (χ2n) is 4.57. The maximum Gasteiger partial charge on any atom is 0.307 e. The highest BCUT2D eigenvalue weighted by molar-refractivity contribution is 5.70. The van der Waals surface area contributed by atoms with Gasteiger partial charge in [0, 0.05) is 0 Å². The van der Waals surface area contributed by atoms with E-state index in [2.05, 4.69) is 0 Å². The van der Waals surface area contributed by atoms with E-state index in [-0.39, 0.29) is 0 Å². The zero-order valence-electron chi connectivity index (χ0n) is 11.1. The fraction of sp³-hybridized carbons (Fsp3) is 0.400. The number of methoxy groups -OCH3 is 1. The Bertz CT molecular complexity index is 431. The van der Waals surface area contributed by atoms with Crippen molar-refractivity contribution in [2.75, 3.05) is 7.11 Å². The predicted octanol–water partition coefficient (Wildman–Crippen LogP) is 3.29. The summed E-state index contributed by atoms with van der Waals surface area (Å²) in [7, 11) is 1.60. The van der Waals surface area contributed by atoms with E-state index in [4.69, 9.17) is 4.74 Å². The lowest BCUT2D eigenvalue weighted by molar-refractivity contribution is -0.141. The van der Waals surface area contributed by atoms with Gasteiger partial charge in [0.25, 0.3) is 0 Å². The summed E-state index contributed by atoms with van der Waals surface area (Å²) in [4.78, 5) is 11.2. The van der Waals surface area contributed by atoms with Crippen LogP contribution in [0.4, 0.5) is 0 Å². The molecule has 0 amide bonds. The van der Waals surface area contributed by atoms with Gasteiger partial charge in [-0.15, -0.1) is 0 Å². The first-order valence-electron chi connectivity index (χ1n) is 6.02. The smallest absolute Gasteiger partial charge is 0.307 e. The van der Waals surface area contributed by atoms with Gasteiger partial charge in [0.15, 0.2) is 0 Å². The van der Waals surface area contributed by atoms with Gasteiger partial charge in [-0.3, -0.25) is 4.79 Å². The first-order chi connectivity index (χ1) is 8.54. The molecule has 0 heterocycles. The topological polar surface area (TPSA) is 46.5 Å². The number of hydrogen-bond donors (Lipinski definition) is 1. The first kappa shape index (κ1) is 14.3. The number of aliphatic carboxylic acids is 1. The Kier molecular flexibility index (Phi) is 5.43. The van der Waals surface area contributed by atoms with Crippen LogP contribution in [0.1, 0.15) is 25.8 Å². The van der Waals surface area contributed by atoms with Gasteiger partial charge in [-0.1, -0.05) is 29.8 Å². The van der Waals surface area contributed by atoms with E-state index in [1.165, 1.54) is 0 Å². The Hall–Kier alpha value is -1.77. The molecule has 0 spiro atoms. The molecule has 1 aromatic rings. The quantitative estimate of drug-likeness (QED) is 0.786. The molecule has 18 heavy (non-hydrogen) atoms. The number of benzene rings is 1. The van der Waals surface area contributed by atoms with Crippen LogP contribution in [0.15, 0.2) is 35.9 Å². The van der Waals surface area contributed by atoms with Gasteiger partial charge in [-0.25, -0.2) is 0 Å². The van der Waals surface area contributed by atoms with Crippen LogP contribution in [0.25, 0.3) is 0 Å². The van der Waals surface area contributed by atoms with E-state index >= 15 is 0 Å². The van der Waals surface area contributed by atoms with Gasteiger partial charge in [0.05, 0.1) is 13.0 Å². The van der Waals surface area contributed by atoms with Gasteiger partial charge in [-0.2, -0.15) is 0 Å². The summed E-state index contributed by atoms with van der Waals surface area (Å²) in [6, 6.07) is 7.55. The van der Waals surface area contributed by atoms with E-state index in [0.29, 0.717) is 12.8 Å². The highest BCUT2D eigenvalue weighted by Gasteiger charge is 2.18. The summed E-state index contributed by atoms with van der Waals surface area (Å²) in [5.74, 6) is -0.421. The highest BCUT2D eigenvalue weighted by atomic mass is 16.5. The number of ether oxygens (including phenoxy) is 1. The molecular weight excluding hydrogens is 228 g/mol. The molecule has 0 aliphatic carbocycles. The molecule has 0 aliphatic rings. The average molecular weight is 248 g/mol. The van der Waals surface area contributed by atoms with Crippen molar-refractivity contribution in [2.45, 2.75) is 26.7 Å². The lowest BCUT2D eigenvalue weighted by Crippen LogP contribution is -2.16. The molecule has 3 heteroatoms. The summed E-state index contributed by atoms with van der Waals surface area (Å²) in [6.45, 7) is 3.95. The molecular formula is C15H20O3. The first-order valence-corrected chi connectivity index (χ1v) is 6.02. The monoisotopic (exact) mass is 248 g/mol. The molecule has 1 N–H and O–H groups in total. The fourth-order valence-corrected chi connectivity index (χ4v) is 1.79. The second kappa shape index (κ2) is 6.84. The van der Waals surface area contributed by atoms with E-state index < -0.39 is 11.9 Å². The van der Waals surface area contributed by atoms with Crippen LogP contribution >= 0.6 is 0 Å². The molecule has 98 valence electrons. The third-order valence-electron chi connectivity index (χ3n) is 2.82. The Morgan fingerprint density at radius 2 is 2.06 bits per heavy atom. The normalized spacial score (nSPS) is 11.7. The largest absolute Gasteiger partial charge is 0.496 e. The van der Waals surface area contributed by atoms with Gasteiger partial charge in [0.1, 0.15) is 5.75 Å². The molecule has 1 rings (SSSR count). The van der Waals surface area contributed by atoms with Crippen molar-refractivity contribution in [1.29, 1.82) is 0 Å². The number of hydrogen-bond acceptors (Lipinski definition) is 2. The fourth-order valence-electron chi connectivity index (χ4n) is 1.79. The van der Waals surface area contributed by atoms with Crippen molar-refractivity contribution >= 4 is 5.97 Å². The van der Waals surface area contributed by atoms with Crippen molar-refractivity contribution in [3.63, 3.8) is 0 Å². The summed E-state index contributed by atoms with van der Waals surface area (Å²) < 4.78 is 5.24. The van der Waals surface area contributed by atoms with E-state index in [0.717, 1.165) is 16.9 Å². The maximum absolute atomic E-state index is 11.2. The maximum atomic E-state index is 11.2. The molecule has 0 aromatic heterocycles. The number of carboxylic acids is 1. The summed E-state index contributed by atoms with van der Waals surface area (Å²) in [5, 5.41) is 9.24. The van der Waals surface area contributed by atoms with Crippen LogP contribution in [0, 0.1) is 5.92 Å². The van der Waals surface area contributed by atoms with Crippen molar-refractivity contribution in [2.24, 2.45) is 5.92 Å². The van der Waals surface area contributed by atoms with Gasteiger partial charge >= 0.3 is 5.97 Å². The van der Waals surface area contributed by atoms with Crippen molar-refractivity contribution in [3.8, 4) is 5.75 Å². The standard InChI is InChI=1S/C15H20O3/c1-11(2)8-9-13(15(16)17)10-12-6-4-5-7-14(12)18-3/h4-8,13H,9-10H2,1-3H3,(H,16,17). The van der Waals surface area contributed by atoms with E-state index in [1.54, 1.807) is 7.11 Å². The van der Waals surface area contributed by atoms with Gasteiger partial charge < -0.3 is 9.84 Å². The molecule has 0 radical (unpaired) electrons. The van der Waals surface area contributed by atoms with Crippen LogP contribution < -0.4 is 4.74 Å². The molecule has 0 saturated heterocycles. The van der Waals surface area contributed by atoms with Crippen LogP contribution in [0.3, 0.4) is 0 Å². The third kappa shape index (κ3) is 4.24. The van der Waals surface area contributed by atoms with Crippen LogP contribution in [0.5, 0.6) is 5.75 Å². The zero-order chi connectivity index (χ0) is 13.5. The third-order valence-corrected chi connectivity index (χ3v) is 2.82. The summed E-state index contributed by atoms with van der Waals surface area (Å²) in [6.07, 6.45) is 3.01. The number of para-hydroxylation sites is 1. The summed E-state index contributed by atoms with van der Waals surface area (Å²) in [5.41, 5.74) is 2.08. The van der Waals surface area contributed by atoms with Crippen molar-refractivity contribution in [3.05, 3.63) is 41.5 Å². The molecule has 0 saturated carbocycles. The molecule has 0 aliphatic heterocycles. The van der Waals surface area contributed by atoms with Crippen LogP contribution in [-0.4, -0.2) is 18.2 Å². The Morgan fingerprint density at radius 1 is 1.39 bits per heavy atom. The Balaban J connectivity index is 2.83. The van der Waals surface area contributed by atoms with Crippen LogP contribution in [-0.2, 0) is 11.2 Å². The van der Waals surface area contributed by atoms with E-state index in [9.17, 15) is 9.90 Å². The van der Waals surface area contributed by atoms with Crippen LogP contribution in [0.2, 0.25) is 0 Å². The minimum absolute atomic E-state index is 0.406. The molecule has 0 fully saturated rings. The number of rotatable bonds is 6. The lowest BCUT2D eigenvalue weighted by Gasteiger charge is -2.13. The molecule has 0 bridgehead atoms. The van der Waals surface area contributed by atoms with Crippen molar-refractivity contribution in [1.82, 2.24) is 0 Å². The molecule has 1 aromatic carbocycles. The lowest BCUT2D eigenvalue weighted by atomic mass is 9.95. The molecule has 3 nitrogen and oxygen atoms in total. The van der Waals surface area contributed by atoms with Gasteiger partial charge in [0.2, 0.25) is 0 Å². The van der Waals surface area contributed by atoms with Gasteiger partial charge in [-0.05, 0) is 38.3 Å². The Morgan fingerprint density at radius 3 is 2.61 bits per heavy atom. The number of carbonyl (C=O) groups is 1. The number of carboxylic acid groups (broad SMARTS) is 1. The Labute approximate surface area is 108 Å². The zero-order valence-corrected chi connectivity index (χ0v) is 11.1. The van der Waals surface area contributed by atoms with Crippen molar-refractivity contribution < 1.29 is 14.6 Å². The predicted molar refractivity (Wildman–Crippen MR) is 71.9 cm³/mol. The minimum Gasteiger partial charge on any atom is -0.496 e. The number of allylic oxidation sites excluding steroid dienone is 2. The molecule has 1 unspecified atom stereocenters. The summed E-state index contributed by atoms with van der Waals surface area (Å²) >= 11 is 0. The SMILES string of the molecule is COc1ccccc1CC(CC=C(C)C)C(=O)O. The second-order valence-corrected chi connectivity index (χ2v) is 4.57. The van der Waals surface area contributed by atoms with E-state index in [1.807, 2.05) is 44.2 Å². The molecule has 1 atom stereocenters. The highest BCUT2D eigenvalue weighted by Crippen LogP contribution is 2.23.